The van der Waals surface area contributed by atoms with Gasteiger partial charge in [-0.3, -0.25) is 4.98 Å². The molecule has 164 valence electrons. The van der Waals surface area contributed by atoms with Crippen LogP contribution in [-0.4, -0.2) is 39.7 Å². The molecular formula is C23H29ClN6O. The molecule has 0 unspecified atom stereocenters. The Bertz CT molecular complexity index is 1140. The predicted octanol–water partition coefficient (Wildman–Crippen LogP) is 3.72. The Kier molecular flexibility index (Phi) is 7.37. The number of aryl methyl sites for hydroxylation is 1. The van der Waals surface area contributed by atoms with Crippen molar-refractivity contribution in [1.82, 2.24) is 24.8 Å². The number of hydrogen-bond acceptors (Lipinski definition) is 6. The number of pyridine rings is 1. The van der Waals surface area contributed by atoms with Gasteiger partial charge in [-0.05, 0) is 26.3 Å². The highest BCUT2D eigenvalue weighted by atomic mass is 35.5. The molecule has 3 heterocycles. The molecule has 0 spiro atoms. The highest BCUT2D eigenvalue weighted by molar-refractivity contribution is 6.34. The van der Waals surface area contributed by atoms with Crippen LogP contribution in [0.1, 0.15) is 42.7 Å². The number of aromatic nitrogens is 4. The molecule has 0 atom stereocenters. The lowest BCUT2D eigenvalue weighted by Crippen LogP contribution is -2.20. The Hall–Kier alpha value is -2.82. The molecule has 0 amide bonds. The van der Waals surface area contributed by atoms with E-state index in [4.69, 9.17) is 22.1 Å². The minimum absolute atomic E-state index is 0.125. The molecule has 31 heavy (non-hydrogen) atoms. The number of hydrogen-bond donors (Lipinski definition) is 2. The van der Waals surface area contributed by atoms with Gasteiger partial charge < -0.3 is 20.4 Å². The zero-order valence-corrected chi connectivity index (χ0v) is 19.5. The monoisotopic (exact) mass is 440 g/mol. The molecule has 0 saturated carbocycles. The Morgan fingerprint density at radius 2 is 2.06 bits per heavy atom. The van der Waals surface area contributed by atoms with Gasteiger partial charge in [-0.2, -0.15) is 4.98 Å². The molecule has 7 nitrogen and oxygen atoms in total. The topological polar surface area (TPSA) is 90.9 Å². The lowest BCUT2D eigenvalue weighted by Gasteiger charge is -2.13. The SMILES string of the molecule is COc1c(C)cnc(Cn2cc(C#CCCNCC(C)C)c3c(Cl)nc(N)nc32)c1C. The fourth-order valence-corrected chi connectivity index (χ4v) is 3.74. The third kappa shape index (κ3) is 5.27. The van der Waals surface area contributed by atoms with Gasteiger partial charge in [0.05, 0.1) is 30.3 Å². The fraction of sp³-hybridized carbons (Fsp3) is 0.435. The maximum atomic E-state index is 6.42. The molecule has 0 aliphatic carbocycles. The third-order valence-corrected chi connectivity index (χ3v) is 5.24. The summed E-state index contributed by atoms with van der Waals surface area (Å²) in [6.45, 7) is 10.7. The van der Waals surface area contributed by atoms with Crippen molar-refractivity contribution in [3.8, 4) is 17.6 Å². The maximum Gasteiger partial charge on any atom is 0.223 e. The van der Waals surface area contributed by atoms with Crippen LogP contribution >= 0.6 is 11.6 Å². The number of halogens is 1. The van der Waals surface area contributed by atoms with Gasteiger partial charge in [-0.15, -0.1) is 0 Å². The lowest BCUT2D eigenvalue weighted by atomic mass is 10.1. The molecule has 0 aliphatic heterocycles. The van der Waals surface area contributed by atoms with Gasteiger partial charge in [0.2, 0.25) is 5.95 Å². The molecule has 3 N–H and O–H groups in total. The zero-order valence-electron chi connectivity index (χ0n) is 18.7. The van der Waals surface area contributed by atoms with Crippen LogP contribution in [0.25, 0.3) is 11.0 Å². The summed E-state index contributed by atoms with van der Waals surface area (Å²) in [5.74, 6) is 8.02. The quantitative estimate of drug-likeness (QED) is 0.330. The molecule has 0 aromatic carbocycles. The Balaban J connectivity index is 1.95. The lowest BCUT2D eigenvalue weighted by molar-refractivity contribution is 0.406. The van der Waals surface area contributed by atoms with Crippen molar-refractivity contribution < 1.29 is 4.74 Å². The van der Waals surface area contributed by atoms with Gasteiger partial charge >= 0.3 is 0 Å². The van der Waals surface area contributed by atoms with Crippen molar-refractivity contribution in [2.75, 3.05) is 25.9 Å². The van der Waals surface area contributed by atoms with Crippen LogP contribution in [0.2, 0.25) is 5.15 Å². The number of nitrogens with one attached hydrogen (secondary N) is 1. The van der Waals surface area contributed by atoms with Crippen LogP contribution in [0.15, 0.2) is 12.4 Å². The van der Waals surface area contributed by atoms with E-state index < -0.39 is 0 Å². The minimum Gasteiger partial charge on any atom is -0.496 e. The number of nitrogens with zero attached hydrogens (tertiary/aromatic N) is 4. The Morgan fingerprint density at radius 1 is 1.29 bits per heavy atom. The molecule has 0 radical (unpaired) electrons. The molecule has 8 heteroatoms. The van der Waals surface area contributed by atoms with E-state index in [1.807, 2.05) is 30.8 Å². The van der Waals surface area contributed by atoms with E-state index in [9.17, 15) is 0 Å². The predicted molar refractivity (Wildman–Crippen MR) is 126 cm³/mol. The van der Waals surface area contributed by atoms with Crippen LogP contribution in [0.4, 0.5) is 5.95 Å². The van der Waals surface area contributed by atoms with Crippen molar-refractivity contribution in [2.45, 2.75) is 40.7 Å². The van der Waals surface area contributed by atoms with Crippen molar-refractivity contribution in [1.29, 1.82) is 0 Å². The molecule has 0 aliphatic rings. The summed E-state index contributed by atoms with van der Waals surface area (Å²) in [5, 5.41) is 4.40. The van der Waals surface area contributed by atoms with Gasteiger partial charge in [0.15, 0.2) is 0 Å². The second-order valence-corrected chi connectivity index (χ2v) is 8.30. The number of fused-ring (bicyclic) bond motifs is 1. The minimum atomic E-state index is 0.125. The number of rotatable bonds is 7. The first-order chi connectivity index (χ1) is 14.8. The summed E-state index contributed by atoms with van der Waals surface area (Å²) >= 11 is 6.42. The summed E-state index contributed by atoms with van der Waals surface area (Å²) < 4.78 is 7.50. The van der Waals surface area contributed by atoms with Gasteiger partial charge in [0, 0.05) is 36.5 Å². The maximum absolute atomic E-state index is 6.42. The Morgan fingerprint density at radius 3 is 2.77 bits per heavy atom. The molecule has 0 saturated heterocycles. The number of ether oxygens (including phenoxy) is 1. The van der Waals surface area contributed by atoms with E-state index in [2.05, 4.69) is 46.0 Å². The second kappa shape index (κ2) is 9.99. The normalized spacial score (nSPS) is 11.1. The summed E-state index contributed by atoms with van der Waals surface area (Å²) in [5.41, 5.74) is 10.1. The standard InChI is InChI=1S/C23H29ClN6O/c1-14(2)10-26-9-7-6-8-17-12-30(22-19(17)21(24)28-23(25)29-22)13-18-16(4)20(31-5)15(3)11-27-18/h11-12,14,26H,7,9-10,13H2,1-5H3,(H2,25,28,29). The van der Waals surface area contributed by atoms with Crippen molar-refractivity contribution in [3.05, 3.63) is 39.9 Å². The first kappa shape index (κ1) is 22.9. The van der Waals surface area contributed by atoms with Crippen LogP contribution < -0.4 is 15.8 Å². The van der Waals surface area contributed by atoms with E-state index in [0.29, 0.717) is 28.6 Å². The van der Waals surface area contributed by atoms with E-state index in [1.165, 1.54) is 0 Å². The number of nitrogens with two attached hydrogens (primary N) is 1. The van der Waals surface area contributed by atoms with Crippen LogP contribution in [0, 0.1) is 31.6 Å². The summed E-state index contributed by atoms with van der Waals surface area (Å²) in [4.78, 5) is 13.1. The molecule has 3 aromatic rings. The van der Waals surface area contributed by atoms with Crippen molar-refractivity contribution in [3.63, 3.8) is 0 Å². The van der Waals surface area contributed by atoms with Gasteiger partial charge in [0.1, 0.15) is 16.5 Å². The smallest absolute Gasteiger partial charge is 0.223 e. The second-order valence-electron chi connectivity index (χ2n) is 7.94. The van der Waals surface area contributed by atoms with E-state index in [1.54, 1.807) is 7.11 Å². The fourth-order valence-electron chi connectivity index (χ4n) is 3.47. The molecule has 0 fully saturated rings. The molecule has 3 rings (SSSR count). The average molecular weight is 441 g/mol. The van der Waals surface area contributed by atoms with E-state index in [0.717, 1.165) is 47.6 Å². The summed E-state index contributed by atoms with van der Waals surface area (Å²) in [6, 6.07) is 0. The highest BCUT2D eigenvalue weighted by Gasteiger charge is 2.17. The molecule has 3 aromatic heterocycles. The number of nitrogen functional groups attached to an aromatic ring is 1. The van der Waals surface area contributed by atoms with Gasteiger partial charge in [-0.1, -0.05) is 37.3 Å². The summed E-state index contributed by atoms with van der Waals surface area (Å²) in [6.07, 6.45) is 4.49. The van der Waals surface area contributed by atoms with E-state index >= 15 is 0 Å². The number of methoxy groups -OCH3 is 1. The van der Waals surface area contributed by atoms with Crippen LogP contribution in [-0.2, 0) is 6.54 Å². The first-order valence-corrected chi connectivity index (χ1v) is 10.7. The highest BCUT2D eigenvalue weighted by Crippen LogP contribution is 2.29. The summed E-state index contributed by atoms with van der Waals surface area (Å²) in [7, 11) is 1.67. The van der Waals surface area contributed by atoms with Crippen LogP contribution in [0.3, 0.4) is 0 Å². The van der Waals surface area contributed by atoms with Crippen molar-refractivity contribution >= 4 is 28.6 Å². The van der Waals surface area contributed by atoms with Crippen molar-refractivity contribution in [2.24, 2.45) is 5.92 Å². The zero-order chi connectivity index (χ0) is 22.5. The third-order valence-electron chi connectivity index (χ3n) is 4.96. The number of anilines is 1. The van der Waals surface area contributed by atoms with E-state index in [-0.39, 0.29) is 5.95 Å². The molecule has 0 bridgehead atoms. The Labute approximate surface area is 188 Å². The molecular weight excluding hydrogens is 412 g/mol. The largest absolute Gasteiger partial charge is 0.496 e. The average Bonchev–Trinajstić information content (AvgIpc) is 3.04. The van der Waals surface area contributed by atoms with Crippen LogP contribution in [0.5, 0.6) is 5.75 Å². The van der Waals surface area contributed by atoms with Gasteiger partial charge in [-0.25, -0.2) is 4.98 Å². The first-order valence-electron chi connectivity index (χ1n) is 10.3. The van der Waals surface area contributed by atoms with Gasteiger partial charge in [0.25, 0.3) is 0 Å².